The second kappa shape index (κ2) is 7.93. The number of hydrogen-bond acceptors (Lipinski definition) is 2. The highest BCUT2D eigenvalue weighted by atomic mass is 35.5. The van der Waals surface area contributed by atoms with E-state index in [2.05, 4.69) is 12.2 Å². The van der Waals surface area contributed by atoms with Crippen LogP contribution in [0.15, 0.2) is 23.1 Å². The summed E-state index contributed by atoms with van der Waals surface area (Å²) < 4.78 is 0. The maximum absolute atomic E-state index is 11.8. The molecule has 0 radical (unpaired) electrons. The van der Waals surface area contributed by atoms with E-state index in [1.165, 1.54) is 11.8 Å². The van der Waals surface area contributed by atoms with E-state index in [1.54, 1.807) is 18.2 Å². The Labute approximate surface area is 122 Å². The summed E-state index contributed by atoms with van der Waals surface area (Å²) in [6.07, 6.45) is 2.07. The molecule has 0 aliphatic rings. The van der Waals surface area contributed by atoms with Crippen LogP contribution in [0.4, 0.5) is 0 Å². The lowest BCUT2D eigenvalue weighted by Crippen LogP contribution is -2.31. The molecule has 0 spiro atoms. The van der Waals surface area contributed by atoms with Gasteiger partial charge in [0.1, 0.15) is 0 Å². The number of hydrogen-bond donors (Lipinski definition) is 1. The van der Waals surface area contributed by atoms with Crippen LogP contribution in [0, 0.1) is 0 Å². The lowest BCUT2D eigenvalue weighted by atomic mass is 10.3. The number of benzene rings is 1. The molecule has 0 aromatic heterocycles. The molecule has 1 aromatic carbocycles. The van der Waals surface area contributed by atoms with Crippen LogP contribution in [0.1, 0.15) is 26.7 Å². The van der Waals surface area contributed by atoms with Gasteiger partial charge in [-0.15, -0.1) is 11.8 Å². The maximum atomic E-state index is 11.8. The van der Waals surface area contributed by atoms with Crippen molar-refractivity contribution in [1.82, 2.24) is 5.32 Å². The molecule has 0 aliphatic heterocycles. The Morgan fingerprint density at radius 3 is 2.83 bits per heavy atom. The summed E-state index contributed by atoms with van der Waals surface area (Å²) in [5.41, 5.74) is 0. The number of halogens is 2. The minimum Gasteiger partial charge on any atom is -0.355 e. The van der Waals surface area contributed by atoms with Crippen LogP contribution < -0.4 is 5.32 Å². The van der Waals surface area contributed by atoms with Crippen LogP contribution in [0.25, 0.3) is 0 Å². The first-order valence-electron chi connectivity index (χ1n) is 5.94. The molecule has 0 saturated heterocycles. The van der Waals surface area contributed by atoms with Crippen molar-refractivity contribution in [2.24, 2.45) is 0 Å². The zero-order valence-corrected chi connectivity index (χ0v) is 12.8. The minimum absolute atomic E-state index is 0.0319. The van der Waals surface area contributed by atoms with Crippen LogP contribution in [-0.4, -0.2) is 17.7 Å². The Morgan fingerprint density at radius 2 is 2.17 bits per heavy atom. The van der Waals surface area contributed by atoms with Crippen molar-refractivity contribution >= 4 is 40.9 Å². The van der Waals surface area contributed by atoms with E-state index >= 15 is 0 Å². The van der Waals surface area contributed by atoms with E-state index in [-0.39, 0.29) is 11.2 Å². The second-order valence-electron chi connectivity index (χ2n) is 3.98. The highest BCUT2D eigenvalue weighted by molar-refractivity contribution is 8.00. The quantitative estimate of drug-likeness (QED) is 0.624. The van der Waals surface area contributed by atoms with E-state index in [4.69, 9.17) is 23.2 Å². The van der Waals surface area contributed by atoms with E-state index in [0.717, 1.165) is 24.3 Å². The number of rotatable bonds is 6. The fraction of sp³-hybridized carbons (Fsp3) is 0.462. The highest BCUT2D eigenvalue weighted by Gasteiger charge is 2.15. The van der Waals surface area contributed by atoms with Gasteiger partial charge in [0.25, 0.3) is 0 Å². The SMILES string of the molecule is CCCCNC(=O)C(C)Sc1cc(Cl)ccc1Cl. The van der Waals surface area contributed by atoms with Gasteiger partial charge in [-0.1, -0.05) is 36.5 Å². The molecule has 0 bridgehead atoms. The van der Waals surface area contributed by atoms with Crippen LogP contribution in [0.5, 0.6) is 0 Å². The Balaban J connectivity index is 2.55. The summed E-state index contributed by atoms with van der Waals surface area (Å²) in [5, 5.41) is 3.97. The molecule has 100 valence electrons. The molecular weight excluding hydrogens is 289 g/mol. The Bertz CT molecular complexity index is 412. The van der Waals surface area contributed by atoms with Gasteiger partial charge < -0.3 is 5.32 Å². The van der Waals surface area contributed by atoms with Gasteiger partial charge in [0.15, 0.2) is 0 Å². The number of carbonyl (C=O) groups is 1. The maximum Gasteiger partial charge on any atom is 0.233 e. The van der Waals surface area contributed by atoms with E-state index in [1.807, 2.05) is 6.92 Å². The molecule has 1 rings (SSSR count). The third-order valence-corrected chi connectivity index (χ3v) is 4.23. The zero-order valence-electron chi connectivity index (χ0n) is 10.5. The normalized spacial score (nSPS) is 12.2. The largest absolute Gasteiger partial charge is 0.355 e. The summed E-state index contributed by atoms with van der Waals surface area (Å²) in [5.74, 6) is 0.0319. The van der Waals surface area contributed by atoms with Crippen molar-refractivity contribution in [2.75, 3.05) is 6.54 Å². The van der Waals surface area contributed by atoms with Gasteiger partial charge in [0.2, 0.25) is 5.91 Å². The summed E-state index contributed by atoms with van der Waals surface area (Å²) in [7, 11) is 0. The van der Waals surface area contributed by atoms with Gasteiger partial charge in [-0.05, 0) is 31.5 Å². The van der Waals surface area contributed by atoms with Crippen LogP contribution in [-0.2, 0) is 4.79 Å². The van der Waals surface area contributed by atoms with Crippen molar-refractivity contribution in [3.63, 3.8) is 0 Å². The smallest absolute Gasteiger partial charge is 0.233 e. The molecule has 2 nitrogen and oxygen atoms in total. The van der Waals surface area contributed by atoms with E-state index in [0.29, 0.717) is 10.0 Å². The number of amides is 1. The molecule has 1 aromatic rings. The lowest BCUT2D eigenvalue weighted by molar-refractivity contribution is -0.120. The van der Waals surface area contributed by atoms with Crippen molar-refractivity contribution in [2.45, 2.75) is 36.8 Å². The molecule has 1 atom stereocenters. The van der Waals surface area contributed by atoms with Gasteiger partial charge in [0, 0.05) is 16.5 Å². The fourth-order valence-electron chi connectivity index (χ4n) is 1.34. The third kappa shape index (κ3) is 5.09. The first kappa shape index (κ1) is 15.7. The molecule has 0 fully saturated rings. The number of nitrogens with one attached hydrogen (secondary N) is 1. The van der Waals surface area contributed by atoms with Gasteiger partial charge in [0.05, 0.1) is 10.3 Å². The van der Waals surface area contributed by atoms with Gasteiger partial charge >= 0.3 is 0 Å². The first-order valence-corrected chi connectivity index (χ1v) is 7.57. The van der Waals surface area contributed by atoms with E-state index in [9.17, 15) is 4.79 Å². The molecule has 0 aliphatic carbocycles. The summed E-state index contributed by atoms with van der Waals surface area (Å²) in [6, 6.07) is 5.26. The Morgan fingerprint density at radius 1 is 1.44 bits per heavy atom. The summed E-state index contributed by atoms with van der Waals surface area (Å²) in [4.78, 5) is 12.6. The number of unbranched alkanes of at least 4 members (excludes halogenated alkanes) is 1. The molecule has 18 heavy (non-hydrogen) atoms. The summed E-state index contributed by atoms with van der Waals surface area (Å²) >= 11 is 13.4. The Kier molecular flexibility index (Phi) is 6.90. The standard InChI is InChI=1S/C13H17Cl2NOS/c1-3-4-7-16-13(17)9(2)18-12-8-10(14)5-6-11(12)15/h5-6,8-9H,3-4,7H2,1-2H3,(H,16,17). The first-order chi connectivity index (χ1) is 8.54. The van der Waals surface area contributed by atoms with Crippen LogP contribution in [0.3, 0.4) is 0 Å². The number of carbonyl (C=O) groups excluding carboxylic acids is 1. The molecule has 0 saturated carbocycles. The molecule has 1 amide bonds. The monoisotopic (exact) mass is 305 g/mol. The van der Waals surface area contributed by atoms with Crippen LogP contribution >= 0.6 is 35.0 Å². The van der Waals surface area contributed by atoms with Crippen LogP contribution in [0.2, 0.25) is 10.0 Å². The van der Waals surface area contributed by atoms with Crippen molar-refractivity contribution in [3.05, 3.63) is 28.2 Å². The molecule has 5 heteroatoms. The van der Waals surface area contributed by atoms with E-state index < -0.39 is 0 Å². The second-order valence-corrected chi connectivity index (χ2v) is 6.21. The molecule has 1 N–H and O–H groups in total. The zero-order chi connectivity index (χ0) is 13.5. The Hall–Kier alpha value is -0.380. The lowest BCUT2D eigenvalue weighted by Gasteiger charge is -2.12. The fourth-order valence-corrected chi connectivity index (χ4v) is 2.78. The summed E-state index contributed by atoms with van der Waals surface area (Å²) in [6.45, 7) is 4.68. The number of thioether (sulfide) groups is 1. The predicted molar refractivity (Wildman–Crippen MR) is 79.7 cm³/mol. The molecular formula is C13H17Cl2NOS. The van der Waals surface area contributed by atoms with Gasteiger partial charge in [-0.3, -0.25) is 4.79 Å². The van der Waals surface area contributed by atoms with Gasteiger partial charge in [-0.2, -0.15) is 0 Å². The highest BCUT2D eigenvalue weighted by Crippen LogP contribution is 2.32. The average molecular weight is 306 g/mol. The molecule has 0 heterocycles. The van der Waals surface area contributed by atoms with Gasteiger partial charge in [-0.25, -0.2) is 0 Å². The van der Waals surface area contributed by atoms with Crippen molar-refractivity contribution in [1.29, 1.82) is 0 Å². The average Bonchev–Trinajstić information content (AvgIpc) is 2.34. The topological polar surface area (TPSA) is 29.1 Å². The van der Waals surface area contributed by atoms with Crippen molar-refractivity contribution < 1.29 is 4.79 Å². The van der Waals surface area contributed by atoms with Crippen molar-refractivity contribution in [3.8, 4) is 0 Å². The minimum atomic E-state index is -0.183. The molecule has 1 unspecified atom stereocenters. The third-order valence-electron chi connectivity index (χ3n) is 2.40. The predicted octanol–water partition coefficient (Wildman–Crippen LogP) is 4.39.